The third-order valence-corrected chi connectivity index (χ3v) is 5.07. The highest BCUT2D eigenvalue weighted by molar-refractivity contribution is 6.06. The Morgan fingerprint density at radius 1 is 1.05 bits per heavy atom. The third-order valence-electron chi connectivity index (χ3n) is 5.07. The molecule has 1 aromatic carbocycles. The predicted octanol–water partition coefficient (Wildman–Crippen LogP) is 2.21. The summed E-state index contributed by atoms with van der Waals surface area (Å²) in [5.74, 6) is -0.242. The SMILES string of the molecule is Nc1ccc2c(c1)CCC2N1C(=O)[C@H]2CC=CC[C@H]2C1=O. The zero-order valence-corrected chi connectivity index (χ0v) is 11.8. The van der Waals surface area contributed by atoms with Gasteiger partial charge in [-0.05, 0) is 48.9 Å². The van der Waals surface area contributed by atoms with Crippen LogP contribution in [0.1, 0.15) is 36.4 Å². The van der Waals surface area contributed by atoms with Crippen LogP contribution >= 0.6 is 0 Å². The molecule has 2 amide bonds. The molecule has 0 radical (unpaired) electrons. The van der Waals surface area contributed by atoms with Gasteiger partial charge in [-0.3, -0.25) is 14.5 Å². The van der Waals surface area contributed by atoms with Gasteiger partial charge in [0.2, 0.25) is 11.8 Å². The van der Waals surface area contributed by atoms with Crippen molar-refractivity contribution in [2.75, 3.05) is 5.73 Å². The van der Waals surface area contributed by atoms with Crippen molar-refractivity contribution in [3.05, 3.63) is 41.5 Å². The van der Waals surface area contributed by atoms with Gasteiger partial charge in [-0.2, -0.15) is 0 Å². The van der Waals surface area contributed by atoms with Gasteiger partial charge in [0.15, 0.2) is 0 Å². The Bertz CT molecular complexity index is 639. The first-order chi connectivity index (χ1) is 10.2. The lowest BCUT2D eigenvalue weighted by Gasteiger charge is -2.23. The first-order valence-corrected chi connectivity index (χ1v) is 7.57. The highest BCUT2D eigenvalue weighted by atomic mass is 16.2. The summed E-state index contributed by atoms with van der Waals surface area (Å²) in [5.41, 5.74) is 8.84. The van der Waals surface area contributed by atoms with E-state index in [1.165, 1.54) is 5.56 Å². The van der Waals surface area contributed by atoms with E-state index in [9.17, 15) is 9.59 Å². The molecule has 1 aliphatic heterocycles. The second-order valence-corrected chi connectivity index (χ2v) is 6.21. The fourth-order valence-corrected chi connectivity index (χ4v) is 4.02. The monoisotopic (exact) mass is 282 g/mol. The first-order valence-electron chi connectivity index (χ1n) is 7.57. The molecule has 1 saturated heterocycles. The fraction of sp³-hybridized carbons (Fsp3) is 0.412. The molecule has 21 heavy (non-hydrogen) atoms. The number of imide groups is 1. The zero-order valence-electron chi connectivity index (χ0n) is 11.8. The molecule has 3 atom stereocenters. The molecule has 1 unspecified atom stereocenters. The summed E-state index contributed by atoms with van der Waals surface area (Å²) in [7, 11) is 0. The molecule has 4 heteroatoms. The molecule has 1 aromatic rings. The van der Waals surface area contributed by atoms with Crippen LogP contribution in [-0.2, 0) is 16.0 Å². The summed E-state index contributed by atoms with van der Waals surface area (Å²) in [6, 6.07) is 5.71. The average Bonchev–Trinajstić information content (AvgIpc) is 2.99. The van der Waals surface area contributed by atoms with Crippen LogP contribution in [-0.4, -0.2) is 16.7 Å². The van der Waals surface area contributed by atoms with Crippen LogP contribution < -0.4 is 5.73 Å². The summed E-state index contributed by atoms with van der Waals surface area (Å²) >= 11 is 0. The van der Waals surface area contributed by atoms with Gasteiger partial charge in [-0.1, -0.05) is 18.2 Å². The molecular weight excluding hydrogens is 264 g/mol. The van der Waals surface area contributed by atoms with Crippen molar-refractivity contribution < 1.29 is 9.59 Å². The van der Waals surface area contributed by atoms with Gasteiger partial charge in [-0.15, -0.1) is 0 Å². The number of fused-ring (bicyclic) bond motifs is 2. The summed E-state index contributed by atoms with van der Waals surface area (Å²) in [6.45, 7) is 0. The number of benzene rings is 1. The lowest BCUT2D eigenvalue weighted by atomic mass is 9.85. The van der Waals surface area contributed by atoms with Crippen molar-refractivity contribution in [1.82, 2.24) is 4.90 Å². The van der Waals surface area contributed by atoms with Crippen LogP contribution in [0.5, 0.6) is 0 Å². The van der Waals surface area contributed by atoms with Gasteiger partial charge in [-0.25, -0.2) is 0 Å². The van der Waals surface area contributed by atoms with Crippen LogP contribution in [0, 0.1) is 11.8 Å². The number of nitrogens with zero attached hydrogens (tertiary/aromatic N) is 1. The number of nitrogens with two attached hydrogens (primary N) is 1. The van der Waals surface area contributed by atoms with Gasteiger partial charge in [0.25, 0.3) is 0 Å². The largest absolute Gasteiger partial charge is 0.399 e. The Balaban J connectivity index is 1.70. The van der Waals surface area contributed by atoms with E-state index in [1.807, 2.05) is 30.4 Å². The minimum atomic E-state index is -0.139. The molecule has 0 aromatic heterocycles. The van der Waals surface area contributed by atoms with Gasteiger partial charge >= 0.3 is 0 Å². The Hall–Kier alpha value is -2.10. The Labute approximate surface area is 123 Å². The Morgan fingerprint density at radius 2 is 1.71 bits per heavy atom. The van der Waals surface area contributed by atoms with E-state index < -0.39 is 0 Å². The normalized spacial score (nSPS) is 30.7. The number of anilines is 1. The van der Waals surface area contributed by atoms with Crippen molar-refractivity contribution >= 4 is 17.5 Å². The fourth-order valence-electron chi connectivity index (χ4n) is 4.02. The van der Waals surface area contributed by atoms with Gasteiger partial charge in [0.1, 0.15) is 0 Å². The van der Waals surface area contributed by atoms with E-state index in [1.54, 1.807) is 4.90 Å². The molecule has 0 saturated carbocycles. The number of allylic oxidation sites excluding steroid dienone is 2. The highest BCUT2D eigenvalue weighted by Crippen LogP contribution is 2.44. The van der Waals surface area contributed by atoms with Crippen molar-refractivity contribution in [2.45, 2.75) is 31.7 Å². The summed E-state index contributed by atoms with van der Waals surface area (Å²) < 4.78 is 0. The molecule has 1 heterocycles. The molecule has 4 rings (SSSR count). The van der Waals surface area contributed by atoms with Crippen LogP contribution in [0.15, 0.2) is 30.4 Å². The number of amides is 2. The first kappa shape index (κ1) is 12.6. The number of carbonyl (C=O) groups is 2. The number of carbonyl (C=O) groups excluding carboxylic acids is 2. The van der Waals surface area contributed by atoms with Crippen LogP contribution in [0.25, 0.3) is 0 Å². The number of likely N-dealkylation sites (tertiary alicyclic amines) is 1. The predicted molar refractivity (Wildman–Crippen MR) is 79.1 cm³/mol. The molecule has 2 N–H and O–H groups in total. The lowest BCUT2D eigenvalue weighted by Crippen LogP contribution is -2.34. The maximum Gasteiger partial charge on any atom is 0.233 e. The minimum absolute atomic E-state index is 0.0176. The van der Waals surface area contributed by atoms with E-state index >= 15 is 0 Å². The van der Waals surface area contributed by atoms with Gasteiger partial charge in [0, 0.05) is 5.69 Å². The van der Waals surface area contributed by atoms with E-state index in [-0.39, 0.29) is 29.7 Å². The second kappa shape index (κ2) is 4.45. The third kappa shape index (κ3) is 1.75. The zero-order chi connectivity index (χ0) is 14.6. The maximum absolute atomic E-state index is 12.7. The van der Waals surface area contributed by atoms with Crippen LogP contribution in [0.2, 0.25) is 0 Å². The average molecular weight is 282 g/mol. The van der Waals surface area contributed by atoms with Crippen molar-refractivity contribution in [2.24, 2.45) is 11.8 Å². The van der Waals surface area contributed by atoms with Gasteiger partial charge in [0.05, 0.1) is 17.9 Å². The summed E-state index contributed by atoms with van der Waals surface area (Å²) in [4.78, 5) is 26.9. The molecule has 0 bridgehead atoms. The van der Waals surface area contributed by atoms with E-state index in [0.717, 1.165) is 24.1 Å². The van der Waals surface area contributed by atoms with E-state index in [4.69, 9.17) is 5.73 Å². The Kier molecular flexibility index (Phi) is 2.67. The van der Waals surface area contributed by atoms with Gasteiger partial charge < -0.3 is 5.73 Å². The van der Waals surface area contributed by atoms with Crippen molar-refractivity contribution in [1.29, 1.82) is 0 Å². The minimum Gasteiger partial charge on any atom is -0.399 e. The molecule has 4 nitrogen and oxygen atoms in total. The number of hydrogen-bond acceptors (Lipinski definition) is 3. The van der Waals surface area contributed by atoms with Crippen molar-refractivity contribution in [3.8, 4) is 0 Å². The topological polar surface area (TPSA) is 63.4 Å². The maximum atomic E-state index is 12.7. The van der Waals surface area contributed by atoms with Crippen LogP contribution in [0.3, 0.4) is 0 Å². The summed E-state index contributed by atoms with van der Waals surface area (Å²) in [6.07, 6.45) is 7.16. The summed E-state index contributed by atoms with van der Waals surface area (Å²) in [5, 5.41) is 0. The molecule has 2 aliphatic carbocycles. The molecule has 3 aliphatic rings. The number of nitrogen functional groups attached to an aromatic ring is 1. The standard InChI is InChI=1S/C17H18N2O2/c18-11-6-7-12-10(9-11)5-8-15(12)19-16(20)13-3-1-2-4-14(13)17(19)21/h1-2,6-7,9,13-15H,3-5,8,18H2/t13-,14+,15?. The van der Waals surface area contributed by atoms with Crippen molar-refractivity contribution in [3.63, 3.8) is 0 Å². The number of rotatable bonds is 1. The number of aryl methyl sites for hydroxylation is 1. The quantitative estimate of drug-likeness (QED) is 0.488. The highest BCUT2D eigenvalue weighted by Gasteiger charge is 2.50. The Morgan fingerprint density at radius 3 is 2.38 bits per heavy atom. The van der Waals surface area contributed by atoms with Crippen LogP contribution in [0.4, 0.5) is 5.69 Å². The lowest BCUT2D eigenvalue weighted by molar-refractivity contribution is -0.142. The van der Waals surface area contributed by atoms with E-state index in [2.05, 4.69) is 0 Å². The smallest absolute Gasteiger partial charge is 0.233 e. The molecular formula is C17H18N2O2. The molecule has 1 fully saturated rings. The molecule has 0 spiro atoms. The second-order valence-electron chi connectivity index (χ2n) is 6.21. The van der Waals surface area contributed by atoms with E-state index in [0.29, 0.717) is 12.8 Å². The number of hydrogen-bond donors (Lipinski definition) is 1. The molecule has 108 valence electrons.